The van der Waals surface area contributed by atoms with Crippen molar-refractivity contribution in [3.05, 3.63) is 29.6 Å². The van der Waals surface area contributed by atoms with E-state index in [1.54, 1.807) is 11.0 Å². The van der Waals surface area contributed by atoms with Crippen LogP contribution >= 0.6 is 0 Å². The minimum absolute atomic E-state index is 0.0291. The minimum atomic E-state index is -2.60. The Hall–Kier alpha value is -1.82. The summed E-state index contributed by atoms with van der Waals surface area (Å²) < 4.78 is 29.3. The summed E-state index contributed by atoms with van der Waals surface area (Å²) in [4.78, 5) is 17.1. The molecule has 0 saturated carbocycles. The second-order valence-corrected chi connectivity index (χ2v) is 7.04. The highest BCUT2D eigenvalue weighted by Gasteiger charge is 2.35. The molecule has 2 aromatic heterocycles. The predicted octanol–water partition coefficient (Wildman–Crippen LogP) is 3.38. The van der Waals surface area contributed by atoms with Gasteiger partial charge in [0.15, 0.2) is 0 Å². The van der Waals surface area contributed by atoms with Crippen LogP contribution in [-0.2, 0) is 17.9 Å². The number of aromatic nitrogens is 2. The van der Waals surface area contributed by atoms with E-state index in [0.717, 1.165) is 23.1 Å². The van der Waals surface area contributed by atoms with Gasteiger partial charge in [-0.2, -0.15) is 0 Å². The number of pyridine rings is 1. The second kappa shape index (κ2) is 6.59. The first-order valence-corrected chi connectivity index (χ1v) is 8.35. The molecule has 0 aliphatic carbocycles. The van der Waals surface area contributed by atoms with Crippen molar-refractivity contribution in [2.24, 2.45) is 5.92 Å². The summed E-state index contributed by atoms with van der Waals surface area (Å²) in [6, 6.07) is 3.47. The van der Waals surface area contributed by atoms with Crippen LogP contribution in [0.2, 0.25) is 0 Å². The topological polar surface area (TPSA) is 38.1 Å². The van der Waals surface area contributed by atoms with E-state index in [1.165, 1.54) is 0 Å². The Morgan fingerprint density at radius 1 is 1.38 bits per heavy atom. The number of rotatable bonds is 5. The third-order valence-electron chi connectivity index (χ3n) is 4.34. The van der Waals surface area contributed by atoms with Crippen molar-refractivity contribution in [2.45, 2.75) is 45.7 Å². The number of nitrogens with zero attached hydrogens (tertiary/aromatic N) is 3. The van der Waals surface area contributed by atoms with Crippen molar-refractivity contribution < 1.29 is 13.6 Å². The third-order valence-corrected chi connectivity index (χ3v) is 4.34. The molecule has 6 heteroatoms. The van der Waals surface area contributed by atoms with Gasteiger partial charge in [-0.3, -0.25) is 9.69 Å². The zero-order valence-corrected chi connectivity index (χ0v) is 14.1. The number of fused-ring (bicyclic) bond motifs is 1. The SMILES string of the molecule is CC(C)Cn1cc(CN2CCCC(F)(F)C2)c2ccc([C]=O)nc21. The lowest BCUT2D eigenvalue weighted by atomic mass is 10.1. The number of piperidine rings is 1. The maximum Gasteiger partial charge on any atom is 0.260 e. The molecule has 1 aliphatic rings. The van der Waals surface area contributed by atoms with Crippen molar-refractivity contribution in [2.75, 3.05) is 13.1 Å². The van der Waals surface area contributed by atoms with Crippen molar-refractivity contribution in [3.8, 4) is 0 Å². The lowest BCUT2D eigenvalue weighted by molar-refractivity contribution is -0.0660. The van der Waals surface area contributed by atoms with E-state index in [9.17, 15) is 13.6 Å². The van der Waals surface area contributed by atoms with E-state index >= 15 is 0 Å². The van der Waals surface area contributed by atoms with Crippen LogP contribution in [0.3, 0.4) is 0 Å². The van der Waals surface area contributed by atoms with Gasteiger partial charge in [-0.15, -0.1) is 0 Å². The van der Waals surface area contributed by atoms with Crippen LogP contribution in [0, 0.1) is 5.92 Å². The number of halogens is 2. The molecule has 1 saturated heterocycles. The Kier molecular flexibility index (Phi) is 4.67. The zero-order valence-electron chi connectivity index (χ0n) is 14.1. The Bertz CT molecular complexity index is 739. The van der Waals surface area contributed by atoms with Crippen molar-refractivity contribution in [3.63, 3.8) is 0 Å². The fraction of sp³-hybridized carbons (Fsp3) is 0.556. The van der Waals surface area contributed by atoms with Crippen LogP contribution in [0.4, 0.5) is 8.78 Å². The smallest absolute Gasteiger partial charge is 0.260 e. The van der Waals surface area contributed by atoms with Crippen molar-refractivity contribution >= 4 is 17.3 Å². The van der Waals surface area contributed by atoms with Gasteiger partial charge >= 0.3 is 0 Å². The summed E-state index contributed by atoms with van der Waals surface area (Å²) >= 11 is 0. The van der Waals surface area contributed by atoms with Gasteiger partial charge in [0, 0.05) is 31.1 Å². The highest BCUT2D eigenvalue weighted by molar-refractivity contribution is 5.84. The van der Waals surface area contributed by atoms with Gasteiger partial charge in [-0.1, -0.05) is 13.8 Å². The van der Waals surface area contributed by atoms with Crippen molar-refractivity contribution in [1.29, 1.82) is 0 Å². The molecule has 3 heterocycles. The normalized spacial score (nSPS) is 18.4. The van der Waals surface area contributed by atoms with Crippen molar-refractivity contribution in [1.82, 2.24) is 14.5 Å². The van der Waals surface area contributed by atoms with Gasteiger partial charge < -0.3 is 4.57 Å². The molecular formula is C18H22F2N3O. The number of hydrogen-bond donors (Lipinski definition) is 0. The summed E-state index contributed by atoms with van der Waals surface area (Å²) in [5.41, 5.74) is 1.97. The van der Waals surface area contributed by atoms with Gasteiger partial charge in [-0.05, 0) is 36.6 Å². The maximum atomic E-state index is 13.6. The number of likely N-dealkylation sites (tertiary alicyclic amines) is 1. The monoisotopic (exact) mass is 334 g/mol. The summed E-state index contributed by atoms with van der Waals surface area (Å²) in [5, 5.41) is 0.920. The molecule has 1 aliphatic heterocycles. The van der Waals surface area contributed by atoms with E-state index in [4.69, 9.17) is 0 Å². The number of carbonyl (C=O) groups excluding carboxylic acids is 1. The highest BCUT2D eigenvalue weighted by atomic mass is 19.3. The first-order chi connectivity index (χ1) is 11.4. The maximum absolute atomic E-state index is 13.6. The number of hydrogen-bond acceptors (Lipinski definition) is 3. The summed E-state index contributed by atoms with van der Waals surface area (Å²) in [5.74, 6) is -2.19. The van der Waals surface area contributed by atoms with E-state index in [2.05, 4.69) is 18.8 Å². The van der Waals surface area contributed by atoms with Crippen LogP contribution in [0.5, 0.6) is 0 Å². The summed E-state index contributed by atoms with van der Waals surface area (Å²) in [6.07, 6.45) is 4.29. The quantitative estimate of drug-likeness (QED) is 0.841. The molecule has 0 N–H and O–H groups in total. The summed E-state index contributed by atoms with van der Waals surface area (Å²) in [7, 11) is 0. The molecule has 0 amide bonds. The zero-order chi connectivity index (χ0) is 17.3. The molecule has 24 heavy (non-hydrogen) atoms. The van der Waals surface area contributed by atoms with Crippen LogP contribution in [0.25, 0.3) is 11.0 Å². The molecule has 0 bridgehead atoms. The molecule has 4 nitrogen and oxygen atoms in total. The first kappa shape index (κ1) is 17.0. The standard InChI is InChI=1S/C18H22F2N3O/c1-13(2)8-23-10-14(9-22-7-3-6-18(19,20)12-22)16-5-4-15(11-24)21-17(16)23/h4-5,10,13H,3,6-9,12H2,1-2H3. The molecule has 1 fully saturated rings. The van der Waals surface area contributed by atoms with Crippen LogP contribution in [-0.4, -0.2) is 39.7 Å². The van der Waals surface area contributed by atoms with Crippen LogP contribution in [0.1, 0.15) is 37.9 Å². The molecule has 3 rings (SSSR count). The van der Waals surface area contributed by atoms with Gasteiger partial charge in [0.25, 0.3) is 12.2 Å². The number of alkyl halides is 2. The minimum Gasteiger partial charge on any atom is -0.332 e. The largest absolute Gasteiger partial charge is 0.332 e. The van der Waals surface area contributed by atoms with Gasteiger partial charge in [0.05, 0.1) is 6.54 Å². The molecule has 0 spiro atoms. The second-order valence-electron chi connectivity index (χ2n) is 7.04. The molecule has 1 radical (unpaired) electrons. The Morgan fingerprint density at radius 3 is 2.83 bits per heavy atom. The van der Waals surface area contributed by atoms with E-state index in [1.807, 2.05) is 23.1 Å². The average Bonchev–Trinajstić information content (AvgIpc) is 2.82. The Labute approximate surface area is 140 Å². The predicted molar refractivity (Wildman–Crippen MR) is 88.8 cm³/mol. The molecule has 2 aromatic rings. The summed E-state index contributed by atoms with van der Waals surface area (Å²) in [6.45, 7) is 5.93. The third kappa shape index (κ3) is 3.64. The Morgan fingerprint density at radius 2 is 2.17 bits per heavy atom. The molecular weight excluding hydrogens is 312 g/mol. The first-order valence-electron chi connectivity index (χ1n) is 8.35. The van der Waals surface area contributed by atoms with Gasteiger partial charge in [0.1, 0.15) is 11.3 Å². The highest BCUT2D eigenvalue weighted by Crippen LogP contribution is 2.29. The van der Waals surface area contributed by atoms with E-state index < -0.39 is 5.92 Å². The molecule has 0 aromatic carbocycles. The lowest BCUT2D eigenvalue weighted by Crippen LogP contribution is -2.41. The van der Waals surface area contributed by atoms with Crippen LogP contribution < -0.4 is 0 Å². The Balaban J connectivity index is 1.93. The lowest BCUT2D eigenvalue weighted by Gasteiger charge is -2.32. The van der Waals surface area contributed by atoms with E-state index in [0.29, 0.717) is 25.4 Å². The fourth-order valence-electron chi connectivity index (χ4n) is 3.37. The van der Waals surface area contributed by atoms with Crippen LogP contribution in [0.15, 0.2) is 18.3 Å². The molecule has 0 unspecified atom stereocenters. The van der Waals surface area contributed by atoms with E-state index in [-0.39, 0.29) is 18.7 Å². The average molecular weight is 334 g/mol. The molecule has 0 atom stereocenters. The fourth-order valence-corrected chi connectivity index (χ4v) is 3.37. The molecule has 129 valence electrons. The van der Waals surface area contributed by atoms with Gasteiger partial charge in [-0.25, -0.2) is 13.8 Å². The van der Waals surface area contributed by atoms with Gasteiger partial charge in [0.2, 0.25) is 0 Å².